The average molecular weight is 256 g/mol. The third-order valence-electron chi connectivity index (χ3n) is 1.60. The predicted molar refractivity (Wildman–Crippen MR) is 57.3 cm³/mol. The molecule has 0 aromatic heterocycles. The van der Waals surface area contributed by atoms with Crippen LogP contribution >= 0.6 is 23.4 Å². The third kappa shape index (κ3) is 4.66. The Kier molecular flexibility index (Phi) is 4.16. The number of anilines is 1. The minimum atomic E-state index is -4.13. The van der Waals surface area contributed by atoms with Crippen molar-refractivity contribution in [2.45, 2.75) is 17.5 Å². The van der Waals surface area contributed by atoms with Crippen LogP contribution in [-0.4, -0.2) is 11.9 Å². The van der Waals surface area contributed by atoms with Crippen LogP contribution in [0.5, 0.6) is 0 Å². The molecule has 0 heterocycles. The fourth-order valence-corrected chi connectivity index (χ4v) is 2.17. The molecule has 1 aromatic carbocycles. The van der Waals surface area contributed by atoms with Gasteiger partial charge in [-0.3, -0.25) is 0 Å². The van der Waals surface area contributed by atoms with Gasteiger partial charge in [-0.1, -0.05) is 11.6 Å². The molecule has 0 aliphatic heterocycles. The molecule has 0 atom stereocenters. The molecule has 0 spiro atoms. The van der Waals surface area contributed by atoms with E-state index in [1.165, 1.54) is 0 Å². The van der Waals surface area contributed by atoms with Crippen LogP contribution in [0.1, 0.15) is 6.42 Å². The van der Waals surface area contributed by atoms with Gasteiger partial charge in [-0.25, -0.2) is 0 Å². The molecule has 0 amide bonds. The van der Waals surface area contributed by atoms with Gasteiger partial charge in [0.1, 0.15) is 0 Å². The van der Waals surface area contributed by atoms with E-state index in [2.05, 4.69) is 0 Å². The minimum Gasteiger partial charge on any atom is -0.399 e. The van der Waals surface area contributed by atoms with Crippen molar-refractivity contribution in [2.24, 2.45) is 0 Å². The van der Waals surface area contributed by atoms with Crippen LogP contribution < -0.4 is 5.73 Å². The third-order valence-corrected chi connectivity index (χ3v) is 3.10. The van der Waals surface area contributed by atoms with E-state index in [1.54, 1.807) is 18.2 Å². The zero-order valence-electron chi connectivity index (χ0n) is 7.64. The summed E-state index contributed by atoms with van der Waals surface area (Å²) in [6, 6.07) is 4.76. The normalized spacial score (nSPS) is 11.7. The van der Waals surface area contributed by atoms with Gasteiger partial charge >= 0.3 is 6.18 Å². The van der Waals surface area contributed by atoms with Crippen molar-refractivity contribution < 1.29 is 13.2 Å². The Balaban J connectivity index is 2.54. The fraction of sp³-hybridized carbons (Fsp3) is 0.333. The van der Waals surface area contributed by atoms with Gasteiger partial charge in [-0.2, -0.15) is 13.2 Å². The second kappa shape index (κ2) is 4.99. The lowest BCUT2D eigenvalue weighted by atomic mass is 10.3. The summed E-state index contributed by atoms with van der Waals surface area (Å²) in [6.45, 7) is 0. The van der Waals surface area contributed by atoms with Gasteiger partial charge in [-0.15, -0.1) is 11.8 Å². The smallest absolute Gasteiger partial charge is 0.389 e. The Morgan fingerprint density at radius 2 is 2.00 bits per heavy atom. The molecule has 0 saturated carbocycles. The Bertz CT molecular complexity index is 341. The molecular weight excluding hydrogens is 247 g/mol. The highest BCUT2D eigenvalue weighted by Crippen LogP contribution is 2.31. The lowest BCUT2D eigenvalue weighted by Gasteiger charge is -2.07. The van der Waals surface area contributed by atoms with E-state index >= 15 is 0 Å². The first kappa shape index (κ1) is 12.5. The average Bonchev–Trinajstić information content (AvgIpc) is 2.09. The van der Waals surface area contributed by atoms with E-state index in [9.17, 15) is 13.2 Å². The predicted octanol–water partition coefficient (Wildman–Crippen LogP) is 3.97. The summed E-state index contributed by atoms with van der Waals surface area (Å²) in [6.07, 6.45) is -4.96. The van der Waals surface area contributed by atoms with Crippen LogP contribution in [0.2, 0.25) is 5.02 Å². The number of thioether (sulfide) groups is 1. The summed E-state index contributed by atoms with van der Waals surface area (Å²) in [7, 11) is 0. The maximum absolute atomic E-state index is 11.9. The molecule has 84 valence electrons. The summed E-state index contributed by atoms with van der Waals surface area (Å²) in [5.74, 6) is -0.0489. The van der Waals surface area contributed by atoms with Gasteiger partial charge < -0.3 is 5.73 Å². The number of halogens is 4. The van der Waals surface area contributed by atoms with E-state index in [-0.39, 0.29) is 5.75 Å². The van der Waals surface area contributed by atoms with Crippen molar-refractivity contribution in [3.63, 3.8) is 0 Å². The Morgan fingerprint density at radius 3 is 2.60 bits per heavy atom. The molecule has 0 aliphatic carbocycles. The fourth-order valence-electron chi connectivity index (χ4n) is 0.907. The largest absolute Gasteiger partial charge is 0.399 e. The van der Waals surface area contributed by atoms with Crippen LogP contribution in [-0.2, 0) is 0 Å². The van der Waals surface area contributed by atoms with Gasteiger partial charge in [0.2, 0.25) is 0 Å². The zero-order chi connectivity index (χ0) is 11.5. The van der Waals surface area contributed by atoms with E-state index in [0.29, 0.717) is 15.6 Å². The molecule has 0 fully saturated rings. The Labute approximate surface area is 94.8 Å². The number of benzene rings is 1. The molecule has 1 rings (SSSR count). The molecule has 1 aromatic rings. The van der Waals surface area contributed by atoms with Gasteiger partial charge in [0.25, 0.3) is 0 Å². The number of nitrogen functional groups attached to an aromatic ring is 1. The number of hydrogen-bond donors (Lipinski definition) is 1. The summed E-state index contributed by atoms with van der Waals surface area (Å²) < 4.78 is 35.6. The standard InChI is InChI=1S/C9H9ClF3NS/c10-7-2-1-6(14)5-8(7)15-4-3-9(11,12)13/h1-2,5H,3-4,14H2. The van der Waals surface area contributed by atoms with Crippen molar-refractivity contribution in [3.8, 4) is 0 Å². The lowest BCUT2D eigenvalue weighted by molar-refractivity contribution is -0.129. The first-order valence-electron chi connectivity index (χ1n) is 4.13. The van der Waals surface area contributed by atoms with Crippen molar-refractivity contribution in [1.82, 2.24) is 0 Å². The quantitative estimate of drug-likeness (QED) is 0.653. The molecule has 0 radical (unpaired) electrons. The monoisotopic (exact) mass is 255 g/mol. The number of alkyl halides is 3. The molecule has 1 nitrogen and oxygen atoms in total. The van der Waals surface area contributed by atoms with Crippen LogP contribution in [0.3, 0.4) is 0 Å². The van der Waals surface area contributed by atoms with E-state index in [4.69, 9.17) is 17.3 Å². The maximum atomic E-state index is 11.9. The van der Waals surface area contributed by atoms with Gasteiger partial charge in [-0.05, 0) is 18.2 Å². The molecule has 0 saturated heterocycles. The first-order valence-corrected chi connectivity index (χ1v) is 5.49. The number of nitrogens with two attached hydrogens (primary N) is 1. The Hall–Kier alpha value is -0.550. The molecule has 15 heavy (non-hydrogen) atoms. The molecule has 6 heteroatoms. The molecular formula is C9H9ClF3NS. The zero-order valence-corrected chi connectivity index (χ0v) is 9.22. The number of rotatable bonds is 3. The van der Waals surface area contributed by atoms with E-state index in [0.717, 1.165) is 11.8 Å². The van der Waals surface area contributed by atoms with Crippen LogP contribution in [0, 0.1) is 0 Å². The van der Waals surface area contributed by atoms with Gasteiger partial charge in [0.05, 0.1) is 11.4 Å². The first-order chi connectivity index (χ1) is 6.88. The van der Waals surface area contributed by atoms with Crippen molar-refractivity contribution >= 4 is 29.1 Å². The van der Waals surface area contributed by atoms with Crippen LogP contribution in [0.25, 0.3) is 0 Å². The maximum Gasteiger partial charge on any atom is 0.389 e. The van der Waals surface area contributed by atoms with Crippen molar-refractivity contribution in [1.29, 1.82) is 0 Å². The highest BCUT2D eigenvalue weighted by molar-refractivity contribution is 7.99. The van der Waals surface area contributed by atoms with Crippen LogP contribution in [0.4, 0.5) is 18.9 Å². The SMILES string of the molecule is Nc1ccc(Cl)c(SCCC(F)(F)F)c1. The van der Waals surface area contributed by atoms with Gasteiger partial charge in [0, 0.05) is 16.3 Å². The van der Waals surface area contributed by atoms with Crippen molar-refractivity contribution in [3.05, 3.63) is 23.2 Å². The van der Waals surface area contributed by atoms with E-state index < -0.39 is 12.6 Å². The topological polar surface area (TPSA) is 26.0 Å². The molecule has 0 aliphatic rings. The summed E-state index contributed by atoms with van der Waals surface area (Å²) in [4.78, 5) is 0.584. The lowest BCUT2D eigenvalue weighted by Crippen LogP contribution is -2.07. The second-order valence-electron chi connectivity index (χ2n) is 2.90. The highest BCUT2D eigenvalue weighted by atomic mass is 35.5. The highest BCUT2D eigenvalue weighted by Gasteiger charge is 2.26. The number of hydrogen-bond acceptors (Lipinski definition) is 2. The summed E-state index contributed by atoms with van der Waals surface area (Å²) >= 11 is 6.84. The summed E-state index contributed by atoms with van der Waals surface area (Å²) in [5.41, 5.74) is 5.99. The summed E-state index contributed by atoms with van der Waals surface area (Å²) in [5, 5.41) is 0.427. The molecule has 2 N–H and O–H groups in total. The second-order valence-corrected chi connectivity index (χ2v) is 4.45. The van der Waals surface area contributed by atoms with Gasteiger partial charge in [0.15, 0.2) is 0 Å². The molecule has 0 bridgehead atoms. The van der Waals surface area contributed by atoms with Crippen molar-refractivity contribution in [2.75, 3.05) is 11.5 Å². The Morgan fingerprint density at radius 1 is 1.33 bits per heavy atom. The minimum absolute atomic E-state index is 0.0489. The van der Waals surface area contributed by atoms with E-state index in [1.807, 2.05) is 0 Å². The molecule has 0 unspecified atom stereocenters. The van der Waals surface area contributed by atoms with Crippen LogP contribution in [0.15, 0.2) is 23.1 Å².